The Labute approximate surface area is 115 Å². The van der Waals surface area contributed by atoms with Gasteiger partial charge in [-0.15, -0.1) is 0 Å². The van der Waals surface area contributed by atoms with Crippen LogP contribution in [0.2, 0.25) is 0 Å². The van der Waals surface area contributed by atoms with Gasteiger partial charge < -0.3 is 4.74 Å². The number of nitrogens with zero attached hydrogens (tertiary/aromatic N) is 2. The summed E-state index contributed by atoms with van der Waals surface area (Å²) in [4.78, 5) is 8.46. The molecule has 0 aliphatic rings. The van der Waals surface area contributed by atoms with Crippen molar-refractivity contribution < 1.29 is 4.74 Å². The van der Waals surface area contributed by atoms with Crippen LogP contribution in [-0.2, 0) is 0 Å². The SMILES string of the molecule is COc1c(C)c(C)cc(C)c1-c1ccnc(Br)n1. The molecule has 0 amide bonds. The van der Waals surface area contributed by atoms with E-state index >= 15 is 0 Å². The van der Waals surface area contributed by atoms with Gasteiger partial charge in [0.2, 0.25) is 0 Å². The Morgan fingerprint density at radius 3 is 2.50 bits per heavy atom. The molecular formula is C14H15BrN2O. The maximum atomic E-state index is 5.56. The van der Waals surface area contributed by atoms with E-state index in [0.29, 0.717) is 4.73 Å². The number of ether oxygens (including phenoxy) is 1. The van der Waals surface area contributed by atoms with Crippen molar-refractivity contribution in [1.82, 2.24) is 9.97 Å². The summed E-state index contributed by atoms with van der Waals surface area (Å²) in [5.74, 6) is 0.887. The Balaban J connectivity index is 2.74. The van der Waals surface area contributed by atoms with Gasteiger partial charge in [0.1, 0.15) is 5.75 Å². The second-order valence-corrected chi connectivity index (χ2v) is 4.96. The van der Waals surface area contributed by atoms with Crippen LogP contribution in [0.15, 0.2) is 23.1 Å². The van der Waals surface area contributed by atoms with Gasteiger partial charge in [-0.25, -0.2) is 9.97 Å². The number of hydrogen-bond donors (Lipinski definition) is 0. The second kappa shape index (κ2) is 5.06. The highest BCUT2D eigenvalue weighted by molar-refractivity contribution is 9.10. The maximum Gasteiger partial charge on any atom is 0.197 e. The highest BCUT2D eigenvalue weighted by Crippen LogP contribution is 2.36. The number of aryl methyl sites for hydroxylation is 2. The minimum atomic E-state index is 0.583. The molecule has 0 unspecified atom stereocenters. The first-order valence-corrected chi connectivity index (χ1v) is 6.47. The Bertz CT molecular complexity index is 597. The molecule has 3 nitrogen and oxygen atoms in total. The highest BCUT2D eigenvalue weighted by atomic mass is 79.9. The number of halogens is 1. The molecule has 1 heterocycles. The molecule has 0 spiro atoms. The van der Waals surface area contributed by atoms with E-state index in [1.807, 2.05) is 6.07 Å². The number of benzene rings is 1. The number of rotatable bonds is 2. The summed E-state index contributed by atoms with van der Waals surface area (Å²) in [6.07, 6.45) is 1.74. The molecule has 4 heteroatoms. The van der Waals surface area contributed by atoms with Crippen LogP contribution >= 0.6 is 15.9 Å². The molecule has 0 radical (unpaired) electrons. The largest absolute Gasteiger partial charge is 0.496 e. The van der Waals surface area contributed by atoms with Gasteiger partial charge in [-0.3, -0.25) is 0 Å². The van der Waals surface area contributed by atoms with Gasteiger partial charge in [0.15, 0.2) is 4.73 Å². The van der Waals surface area contributed by atoms with Gasteiger partial charge in [-0.2, -0.15) is 0 Å². The highest BCUT2D eigenvalue weighted by Gasteiger charge is 2.15. The van der Waals surface area contributed by atoms with Crippen LogP contribution in [-0.4, -0.2) is 17.1 Å². The number of hydrogen-bond acceptors (Lipinski definition) is 3. The molecule has 0 aliphatic heterocycles. The predicted octanol–water partition coefficient (Wildman–Crippen LogP) is 3.84. The summed E-state index contributed by atoms with van der Waals surface area (Å²) in [6, 6.07) is 4.05. The van der Waals surface area contributed by atoms with Crippen LogP contribution in [0.25, 0.3) is 11.3 Å². The van der Waals surface area contributed by atoms with Crippen LogP contribution in [0.4, 0.5) is 0 Å². The van der Waals surface area contributed by atoms with Gasteiger partial charge in [0.25, 0.3) is 0 Å². The lowest BCUT2D eigenvalue weighted by Gasteiger charge is -2.16. The molecule has 1 aromatic carbocycles. The first-order valence-electron chi connectivity index (χ1n) is 5.68. The van der Waals surface area contributed by atoms with Gasteiger partial charge in [-0.05, 0) is 59.5 Å². The van der Waals surface area contributed by atoms with Crippen molar-refractivity contribution in [1.29, 1.82) is 0 Å². The molecule has 0 bridgehead atoms. The van der Waals surface area contributed by atoms with E-state index in [4.69, 9.17) is 4.74 Å². The third-order valence-corrected chi connectivity index (χ3v) is 3.46. The fraction of sp³-hybridized carbons (Fsp3) is 0.286. The quantitative estimate of drug-likeness (QED) is 0.791. The summed E-state index contributed by atoms with van der Waals surface area (Å²) in [7, 11) is 1.70. The molecule has 0 saturated heterocycles. The lowest BCUT2D eigenvalue weighted by Crippen LogP contribution is -1.98. The monoisotopic (exact) mass is 306 g/mol. The lowest BCUT2D eigenvalue weighted by atomic mass is 9.97. The van der Waals surface area contributed by atoms with Crippen molar-refractivity contribution in [3.8, 4) is 17.0 Å². The van der Waals surface area contributed by atoms with Crippen LogP contribution in [0, 0.1) is 20.8 Å². The van der Waals surface area contributed by atoms with E-state index in [1.165, 1.54) is 5.56 Å². The van der Waals surface area contributed by atoms with Gasteiger partial charge >= 0.3 is 0 Å². The zero-order valence-electron chi connectivity index (χ0n) is 10.9. The minimum absolute atomic E-state index is 0.583. The predicted molar refractivity (Wildman–Crippen MR) is 75.9 cm³/mol. The van der Waals surface area contributed by atoms with Crippen molar-refractivity contribution >= 4 is 15.9 Å². The fourth-order valence-corrected chi connectivity index (χ4v) is 2.41. The van der Waals surface area contributed by atoms with Crippen molar-refractivity contribution in [3.63, 3.8) is 0 Å². The van der Waals surface area contributed by atoms with Gasteiger partial charge in [0.05, 0.1) is 12.8 Å². The Morgan fingerprint density at radius 2 is 1.89 bits per heavy atom. The van der Waals surface area contributed by atoms with E-state index in [-0.39, 0.29) is 0 Å². The number of methoxy groups -OCH3 is 1. The molecule has 0 N–H and O–H groups in total. The Morgan fingerprint density at radius 1 is 1.17 bits per heavy atom. The van der Waals surface area contributed by atoms with Crippen LogP contribution in [0.1, 0.15) is 16.7 Å². The summed E-state index contributed by atoms with van der Waals surface area (Å²) >= 11 is 3.30. The average Bonchev–Trinajstić information content (AvgIpc) is 2.33. The van der Waals surface area contributed by atoms with Crippen molar-refractivity contribution in [2.75, 3.05) is 7.11 Å². The first-order chi connectivity index (χ1) is 8.54. The van der Waals surface area contributed by atoms with Crippen molar-refractivity contribution in [2.24, 2.45) is 0 Å². The molecule has 2 aromatic rings. The Hall–Kier alpha value is -1.42. The van der Waals surface area contributed by atoms with E-state index in [2.05, 4.69) is 52.7 Å². The summed E-state index contributed by atoms with van der Waals surface area (Å²) in [5.41, 5.74) is 5.42. The van der Waals surface area contributed by atoms with Crippen molar-refractivity contribution in [3.05, 3.63) is 39.8 Å². The van der Waals surface area contributed by atoms with E-state index in [9.17, 15) is 0 Å². The molecular weight excluding hydrogens is 292 g/mol. The van der Waals surface area contributed by atoms with Crippen molar-refractivity contribution in [2.45, 2.75) is 20.8 Å². The maximum absolute atomic E-state index is 5.56. The molecule has 0 fully saturated rings. The van der Waals surface area contributed by atoms with Crippen LogP contribution in [0.3, 0.4) is 0 Å². The first kappa shape index (κ1) is 13.0. The normalized spacial score (nSPS) is 10.5. The van der Waals surface area contributed by atoms with E-state index in [0.717, 1.165) is 28.1 Å². The van der Waals surface area contributed by atoms with Gasteiger partial charge in [0, 0.05) is 11.8 Å². The number of aromatic nitrogens is 2. The molecule has 18 heavy (non-hydrogen) atoms. The van der Waals surface area contributed by atoms with Crippen LogP contribution in [0.5, 0.6) is 5.75 Å². The molecule has 0 atom stereocenters. The molecule has 0 saturated carbocycles. The zero-order chi connectivity index (χ0) is 13.3. The van der Waals surface area contributed by atoms with E-state index in [1.54, 1.807) is 13.3 Å². The second-order valence-electron chi connectivity index (χ2n) is 4.25. The summed E-state index contributed by atoms with van der Waals surface area (Å²) < 4.78 is 6.14. The fourth-order valence-electron chi connectivity index (χ4n) is 2.10. The lowest BCUT2D eigenvalue weighted by molar-refractivity contribution is 0.412. The summed E-state index contributed by atoms with van der Waals surface area (Å²) in [6.45, 7) is 6.22. The van der Waals surface area contributed by atoms with Gasteiger partial charge in [-0.1, -0.05) is 6.07 Å². The van der Waals surface area contributed by atoms with Crippen LogP contribution < -0.4 is 4.74 Å². The molecule has 94 valence electrons. The third kappa shape index (κ3) is 2.25. The molecule has 1 aromatic heterocycles. The molecule has 0 aliphatic carbocycles. The minimum Gasteiger partial charge on any atom is -0.496 e. The average molecular weight is 307 g/mol. The standard InChI is InChI=1S/C14H15BrN2O/c1-8-7-9(2)12(13(18-4)10(8)3)11-5-6-16-14(15)17-11/h5-7H,1-4H3. The summed E-state index contributed by atoms with van der Waals surface area (Å²) in [5, 5.41) is 0. The topological polar surface area (TPSA) is 35.0 Å². The Kier molecular flexibility index (Phi) is 3.66. The molecule has 2 rings (SSSR count). The third-order valence-electron chi connectivity index (χ3n) is 3.07. The van der Waals surface area contributed by atoms with E-state index < -0.39 is 0 Å². The smallest absolute Gasteiger partial charge is 0.197 e. The zero-order valence-corrected chi connectivity index (χ0v) is 12.5.